The molecule has 0 unspecified atom stereocenters. The van der Waals surface area contributed by atoms with Gasteiger partial charge in [-0.3, -0.25) is 0 Å². The Morgan fingerprint density at radius 3 is 2.31 bits per heavy atom. The molecule has 0 radical (unpaired) electrons. The first-order valence-electron chi connectivity index (χ1n) is 4.48. The third-order valence-corrected chi connectivity index (χ3v) is 3.89. The van der Waals surface area contributed by atoms with Gasteiger partial charge in [-0.15, -0.1) is 11.6 Å². The van der Waals surface area contributed by atoms with Gasteiger partial charge in [-0.2, -0.15) is 0 Å². The summed E-state index contributed by atoms with van der Waals surface area (Å²) in [5.41, 5.74) is 0.0185. The second kappa shape index (κ2) is 4.15. The second-order valence-corrected chi connectivity index (χ2v) is 6.03. The molecule has 3 nitrogen and oxygen atoms in total. The van der Waals surface area contributed by atoms with E-state index in [1.54, 1.807) is 0 Å². The fraction of sp³-hybridized carbons (Fsp3) is 1.00. The normalized spacial score (nSPS) is 22.0. The van der Waals surface area contributed by atoms with Gasteiger partial charge < -0.3 is 0 Å². The lowest BCUT2D eigenvalue weighted by atomic mass is 9.89. The van der Waals surface area contributed by atoms with Crippen LogP contribution in [0.25, 0.3) is 0 Å². The summed E-state index contributed by atoms with van der Waals surface area (Å²) in [7, 11) is -3.07. The van der Waals surface area contributed by atoms with Gasteiger partial charge in [0, 0.05) is 12.4 Å². The fourth-order valence-electron chi connectivity index (χ4n) is 1.77. The van der Waals surface area contributed by atoms with Crippen molar-refractivity contribution in [2.45, 2.75) is 25.7 Å². The Hall–Kier alpha value is 0.200. The van der Waals surface area contributed by atoms with Gasteiger partial charge in [-0.05, 0) is 18.3 Å². The smallest absolute Gasteiger partial charge is 0.208 e. The van der Waals surface area contributed by atoms with Crippen LogP contribution in [0.2, 0.25) is 0 Å². The molecule has 78 valence electrons. The van der Waals surface area contributed by atoms with Crippen molar-refractivity contribution in [2.75, 3.05) is 18.7 Å². The largest absolute Gasteiger partial charge is 0.215 e. The Balaban J connectivity index is 2.50. The molecule has 0 saturated heterocycles. The first-order valence-corrected chi connectivity index (χ1v) is 6.91. The average molecular weight is 226 g/mol. The van der Waals surface area contributed by atoms with Crippen molar-refractivity contribution < 1.29 is 8.42 Å². The van der Waals surface area contributed by atoms with Crippen molar-refractivity contribution in [3.05, 3.63) is 0 Å². The van der Waals surface area contributed by atoms with E-state index in [9.17, 15) is 8.42 Å². The molecule has 0 aromatic carbocycles. The predicted octanol–water partition coefficient (Wildman–Crippen LogP) is 1.33. The van der Waals surface area contributed by atoms with Gasteiger partial charge in [-0.1, -0.05) is 12.8 Å². The Morgan fingerprint density at radius 1 is 1.38 bits per heavy atom. The quantitative estimate of drug-likeness (QED) is 0.734. The molecule has 1 N–H and O–H groups in total. The third-order valence-electron chi connectivity index (χ3n) is 2.66. The molecule has 0 atom stereocenters. The fourth-order valence-corrected chi connectivity index (χ4v) is 2.70. The Labute approximate surface area is 84.9 Å². The Bertz CT molecular complexity index is 257. The van der Waals surface area contributed by atoms with Gasteiger partial charge in [-0.25, -0.2) is 13.1 Å². The van der Waals surface area contributed by atoms with Crippen LogP contribution in [0.4, 0.5) is 0 Å². The summed E-state index contributed by atoms with van der Waals surface area (Å²) in [5.74, 6) is 0.551. The molecule has 0 amide bonds. The predicted molar refractivity (Wildman–Crippen MR) is 54.5 cm³/mol. The van der Waals surface area contributed by atoms with Crippen molar-refractivity contribution in [3.8, 4) is 0 Å². The average Bonchev–Trinajstić information content (AvgIpc) is 2.49. The monoisotopic (exact) mass is 225 g/mol. The van der Waals surface area contributed by atoms with Crippen molar-refractivity contribution in [1.82, 2.24) is 4.72 Å². The second-order valence-electron chi connectivity index (χ2n) is 3.93. The van der Waals surface area contributed by atoms with E-state index in [1.165, 1.54) is 6.26 Å². The third kappa shape index (κ3) is 3.44. The number of sulfonamides is 1. The van der Waals surface area contributed by atoms with Crippen molar-refractivity contribution in [1.29, 1.82) is 0 Å². The number of hydrogen-bond acceptors (Lipinski definition) is 2. The molecular weight excluding hydrogens is 210 g/mol. The lowest BCUT2D eigenvalue weighted by Crippen LogP contribution is -2.36. The minimum absolute atomic E-state index is 0.0185. The highest BCUT2D eigenvalue weighted by atomic mass is 35.5. The molecule has 5 heteroatoms. The van der Waals surface area contributed by atoms with Crippen LogP contribution in [0.5, 0.6) is 0 Å². The molecular formula is C8H16ClNO2S. The molecule has 0 spiro atoms. The molecule has 1 fully saturated rings. The van der Waals surface area contributed by atoms with Crippen LogP contribution in [0.1, 0.15) is 25.7 Å². The SMILES string of the molecule is CS(=O)(=O)NCC1(CCl)CCCC1. The van der Waals surface area contributed by atoms with Crippen molar-refractivity contribution in [3.63, 3.8) is 0 Å². The van der Waals surface area contributed by atoms with E-state index in [0.717, 1.165) is 25.7 Å². The molecule has 1 aliphatic carbocycles. The van der Waals surface area contributed by atoms with E-state index in [-0.39, 0.29) is 5.41 Å². The first kappa shape index (κ1) is 11.3. The maximum absolute atomic E-state index is 10.9. The molecule has 1 aliphatic rings. The van der Waals surface area contributed by atoms with Crippen LogP contribution in [-0.4, -0.2) is 27.1 Å². The van der Waals surface area contributed by atoms with Gasteiger partial charge in [0.1, 0.15) is 0 Å². The summed E-state index contributed by atoms with van der Waals surface area (Å²) < 4.78 is 24.3. The summed E-state index contributed by atoms with van der Waals surface area (Å²) >= 11 is 5.86. The van der Waals surface area contributed by atoms with Gasteiger partial charge >= 0.3 is 0 Å². The van der Waals surface area contributed by atoms with Gasteiger partial charge in [0.15, 0.2) is 0 Å². The van der Waals surface area contributed by atoms with Crippen LogP contribution in [0.15, 0.2) is 0 Å². The zero-order valence-electron chi connectivity index (χ0n) is 7.85. The van der Waals surface area contributed by atoms with Gasteiger partial charge in [0.05, 0.1) is 6.26 Å². The summed E-state index contributed by atoms with van der Waals surface area (Å²) in [4.78, 5) is 0. The van der Waals surface area contributed by atoms with Crippen LogP contribution < -0.4 is 4.72 Å². The van der Waals surface area contributed by atoms with E-state index in [0.29, 0.717) is 12.4 Å². The maximum atomic E-state index is 10.9. The van der Waals surface area contributed by atoms with Crippen molar-refractivity contribution in [2.24, 2.45) is 5.41 Å². The molecule has 0 aromatic rings. The minimum atomic E-state index is -3.07. The molecule has 0 aromatic heterocycles. The number of nitrogens with one attached hydrogen (secondary N) is 1. The summed E-state index contributed by atoms with van der Waals surface area (Å²) in [6, 6.07) is 0. The number of halogens is 1. The van der Waals surface area contributed by atoms with Gasteiger partial charge in [0.25, 0.3) is 0 Å². The highest BCUT2D eigenvalue weighted by Gasteiger charge is 2.33. The zero-order chi connectivity index (χ0) is 9.95. The Morgan fingerprint density at radius 2 is 1.92 bits per heavy atom. The highest BCUT2D eigenvalue weighted by molar-refractivity contribution is 7.88. The van der Waals surface area contributed by atoms with E-state index in [4.69, 9.17) is 11.6 Å². The lowest BCUT2D eigenvalue weighted by molar-refractivity contribution is 0.342. The molecule has 0 heterocycles. The molecule has 1 saturated carbocycles. The highest BCUT2D eigenvalue weighted by Crippen LogP contribution is 2.38. The minimum Gasteiger partial charge on any atom is -0.215 e. The van der Waals surface area contributed by atoms with Crippen LogP contribution >= 0.6 is 11.6 Å². The molecule has 1 rings (SSSR count). The van der Waals surface area contributed by atoms with Gasteiger partial charge in [0.2, 0.25) is 10.0 Å². The van der Waals surface area contributed by atoms with Crippen molar-refractivity contribution >= 4 is 21.6 Å². The lowest BCUT2D eigenvalue weighted by Gasteiger charge is -2.25. The number of hydrogen-bond donors (Lipinski definition) is 1. The zero-order valence-corrected chi connectivity index (χ0v) is 9.42. The number of alkyl halides is 1. The topological polar surface area (TPSA) is 46.2 Å². The standard InChI is InChI=1S/C8H16ClNO2S/c1-13(11,12)10-7-8(6-9)4-2-3-5-8/h10H,2-7H2,1H3. The first-order chi connectivity index (χ1) is 5.97. The number of rotatable bonds is 4. The summed E-state index contributed by atoms with van der Waals surface area (Å²) in [6.07, 6.45) is 5.60. The van der Waals surface area contributed by atoms with Crippen LogP contribution in [-0.2, 0) is 10.0 Å². The molecule has 13 heavy (non-hydrogen) atoms. The molecule has 0 bridgehead atoms. The van der Waals surface area contributed by atoms with E-state index >= 15 is 0 Å². The van der Waals surface area contributed by atoms with E-state index in [2.05, 4.69) is 4.72 Å². The summed E-state index contributed by atoms with van der Waals surface area (Å²) in [5, 5.41) is 0. The van der Waals surface area contributed by atoms with E-state index < -0.39 is 10.0 Å². The maximum Gasteiger partial charge on any atom is 0.208 e. The van der Waals surface area contributed by atoms with E-state index in [1.807, 2.05) is 0 Å². The molecule has 0 aliphatic heterocycles. The van der Waals surface area contributed by atoms with Crippen LogP contribution in [0, 0.1) is 5.41 Å². The summed E-state index contributed by atoms with van der Waals surface area (Å²) in [6.45, 7) is 0.495. The Kier molecular flexibility index (Phi) is 3.60. The van der Waals surface area contributed by atoms with Crippen LogP contribution in [0.3, 0.4) is 0 Å².